The summed E-state index contributed by atoms with van der Waals surface area (Å²) in [5, 5.41) is 17.4. The van der Waals surface area contributed by atoms with Gasteiger partial charge in [-0.1, -0.05) is 78.9 Å². The molecule has 4 nitrogen and oxygen atoms in total. The van der Waals surface area contributed by atoms with Gasteiger partial charge in [0.15, 0.2) is 0 Å². The molecular formula is C28H16F3N3O. The third kappa shape index (κ3) is 3.96. The summed E-state index contributed by atoms with van der Waals surface area (Å²) in [4.78, 5) is 13.1. The molecule has 7 heteroatoms. The number of benzene rings is 4. The Hall–Kier alpha value is -4.70. The van der Waals surface area contributed by atoms with E-state index in [1.807, 2.05) is 54.6 Å². The number of alkyl halides is 3. The molecule has 0 unspecified atom stereocenters. The fraction of sp³-hybridized carbons (Fsp3) is 0.0357. The molecule has 0 aliphatic heterocycles. The first kappa shape index (κ1) is 22.1. The molecule has 4 aromatic carbocycles. The maximum absolute atomic E-state index is 13.7. The fourth-order valence-corrected chi connectivity index (χ4v) is 4.16. The summed E-state index contributed by atoms with van der Waals surface area (Å²) in [6.45, 7) is 0. The van der Waals surface area contributed by atoms with Crippen LogP contribution in [-0.2, 0) is 6.18 Å². The van der Waals surface area contributed by atoms with Crippen LogP contribution in [0, 0.1) is 11.3 Å². The maximum atomic E-state index is 13.7. The highest BCUT2D eigenvalue weighted by Crippen LogP contribution is 2.34. The molecule has 0 fully saturated rings. The van der Waals surface area contributed by atoms with Gasteiger partial charge in [-0.3, -0.25) is 4.79 Å². The van der Waals surface area contributed by atoms with Gasteiger partial charge in [-0.2, -0.15) is 28.2 Å². The van der Waals surface area contributed by atoms with Crippen molar-refractivity contribution in [3.63, 3.8) is 0 Å². The molecule has 170 valence electrons. The molecule has 0 aliphatic rings. The highest BCUT2D eigenvalue weighted by Gasteiger charge is 2.36. The van der Waals surface area contributed by atoms with Gasteiger partial charge in [-0.05, 0) is 33.7 Å². The number of pyridine rings is 1. The van der Waals surface area contributed by atoms with Crippen LogP contribution in [0.15, 0.2) is 101 Å². The van der Waals surface area contributed by atoms with Gasteiger partial charge in [-0.25, -0.2) is 0 Å². The van der Waals surface area contributed by atoms with E-state index in [1.54, 1.807) is 30.3 Å². The van der Waals surface area contributed by atoms with Crippen molar-refractivity contribution in [2.75, 3.05) is 0 Å². The van der Waals surface area contributed by atoms with Crippen LogP contribution >= 0.6 is 0 Å². The van der Waals surface area contributed by atoms with Gasteiger partial charge in [0, 0.05) is 11.1 Å². The van der Waals surface area contributed by atoms with Crippen molar-refractivity contribution in [1.29, 1.82) is 5.26 Å². The Kier molecular flexibility index (Phi) is 5.42. The Morgan fingerprint density at radius 3 is 1.97 bits per heavy atom. The second kappa shape index (κ2) is 8.58. The maximum Gasteiger partial charge on any atom is 0.417 e. The molecule has 0 bridgehead atoms. The lowest BCUT2D eigenvalue weighted by molar-refractivity contribution is -0.137. The minimum Gasteiger partial charge on any atom is -0.266 e. The van der Waals surface area contributed by atoms with Crippen LogP contribution in [0.25, 0.3) is 32.8 Å². The van der Waals surface area contributed by atoms with Gasteiger partial charge in [0.25, 0.3) is 5.56 Å². The van der Waals surface area contributed by atoms with Gasteiger partial charge >= 0.3 is 6.18 Å². The zero-order valence-electron chi connectivity index (χ0n) is 18.1. The second-order valence-electron chi connectivity index (χ2n) is 7.89. The van der Waals surface area contributed by atoms with Gasteiger partial charge < -0.3 is 0 Å². The molecule has 0 aliphatic carbocycles. The highest BCUT2D eigenvalue weighted by molar-refractivity contribution is 6.13. The fourth-order valence-electron chi connectivity index (χ4n) is 4.16. The molecule has 0 amide bonds. The van der Waals surface area contributed by atoms with Gasteiger partial charge in [0.2, 0.25) is 0 Å². The van der Waals surface area contributed by atoms with E-state index in [1.165, 1.54) is 12.3 Å². The Bertz CT molecular complexity index is 1660. The number of nitriles is 1. The van der Waals surface area contributed by atoms with Crippen LogP contribution in [0.2, 0.25) is 0 Å². The van der Waals surface area contributed by atoms with Crippen molar-refractivity contribution in [2.45, 2.75) is 6.18 Å². The molecule has 1 aromatic heterocycles. The quantitative estimate of drug-likeness (QED) is 0.222. The zero-order chi connectivity index (χ0) is 24.6. The normalized spacial score (nSPS) is 11.8. The predicted molar refractivity (Wildman–Crippen MR) is 130 cm³/mol. The Labute approximate surface area is 197 Å². The second-order valence-corrected chi connectivity index (χ2v) is 7.89. The van der Waals surface area contributed by atoms with Crippen LogP contribution in [-0.4, -0.2) is 10.9 Å². The largest absolute Gasteiger partial charge is 0.417 e. The Morgan fingerprint density at radius 1 is 0.829 bits per heavy atom. The monoisotopic (exact) mass is 467 g/mol. The van der Waals surface area contributed by atoms with E-state index in [-0.39, 0.29) is 5.69 Å². The summed E-state index contributed by atoms with van der Waals surface area (Å²) in [5.41, 5.74) is -2.42. The number of aromatic nitrogens is 1. The van der Waals surface area contributed by atoms with Crippen molar-refractivity contribution in [3.05, 3.63) is 118 Å². The molecule has 35 heavy (non-hydrogen) atoms. The first-order valence-corrected chi connectivity index (χ1v) is 10.7. The van der Waals surface area contributed by atoms with Crippen molar-refractivity contribution in [3.8, 4) is 17.3 Å². The molecule has 0 N–H and O–H groups in total. The molecule has 5 aromatic rings. The SMILES string of the molecule is N#Cc1c(C(F)(F)F)cc(-c2ccccc2)n(/N=C/c2c3ccccc3cc3ccccc23)c1=O. The van der Waals surface area contributed by atoms with E-state index >= 15 is 0 Å². The van der Waals surface area contributed by atoms with Crippen molar-refractivity contribution in [1.82, 2.24) is 4.68 Å². The van der Waals surface area contributed by atoms with Crippen LogP contribution in [0.3, 0.4) is 0 Å². The minimum atomic E-state index is -4.87. The number of fused-ring (bicyclic) bond motifs is 2. The molecule has 0 saturated carbocycles. The molecular weight excluding hydrogens is 451 g/mol. The summed E-state index contributed by atoms with van der Waals surface area (Å²) < 4.78 is 42.0. The van der Waals surface area contributed by atoms with Gasteiger partial charge in [0.1, 0.15) is 11.6 Å². The lowest BCUT2D eigenvalue weighted by atomic mass is 9.97. The summed E-state index contributed by atoms with van der Waals surface area (Å²) in [6.07, 6.45) is -3.41. The van der Waals surface area contributed by atoms with E-state index in [2.05, 4.69) is 5.10 Å². The van der Waals surface area contributed by atoms with Crippen molar-refractivity contribution in [2.24, 2.45) is 5.10 Å². The number of rotatable bonds is 3. The van der Waals surface area contributed by atoms with Crippen LogP contribution < -0.4 is 5.56 Å². The molecule has 0 radical (unpaired) electrons. The summed E-state index contributed by atoms with van der Waals surface area (Å²) in [7, 11) is 0. The van der Waals surface area contributed by atoms with E-state index in [9.17, 15) is 23.2 Å². The van der Waals surface area contributed by atoms with Crippen LogP contribution in [0.1, 0.15) is 16.7 Å². The van der Waals surface area contributed by atoms with Crippen LogP contribution in [0.4, 0.5) is 13.2 Å². The Morgan fingerprint density at radius 2 is 1.40 bits per heavy atom. The number of hydrogen-bond acceptors (Lipinski definition) is 3. The molecule has 0 saturated heterocycles. The van der Waals surface area contributed by atoms with E-state index in [0.29, 0.717) is 11.1 Å². The molecule has 5 rings (SSSR count). The third-order valence-corrected chi connectivity index (χ3v) is 5.79. The number of halogens is 3. The van der Waals surface area contributed by atoms with Gasteiger partial charge in [0.05, 0.1) is 17.5 Å². The lowest BCUT2D eigenvalue weighted by Crippen LogP contribution is -2.26. The highest BCUT2D eigenvalue weighted by atomic mass is 19.4. The average molecular weight is 467 g/mol. The summed E-state index contributed by atoms with van der Waals surface area (Å²) in [6, 6.07) is 27.7. The average Bonchev–Trinajstić information content (AvgIpc) is 2.86. The first-order valence-electron chi connectivity index (χ1n) is 10.7. The third-order valence-electron chi connectivity index (χ3n) is 5.79. The summed E-state index contributed by atoms with van der Waals surface area (Å²) >= 11 is 0. The van der Waals surface area contributed by atoms with E-state index in [0.717, 1.165) is 32.3 Å². The summed E-state index contributed by atoms with van der Waals surface area (Å²) in [5.74, 6) is 0. The van der Waals surface area contributed by atoms with Gasteiger partial charge in [-0.15, -0.1) is 0 Å². The molecule has 0 atom stereocenters. The zero-order valence-corrected chi connectivity index (χ0v) is 18.1. The Balaban J connectivity index is 1.82. The van der Waals surface area contributed by atoms with Crippen molar-refractivity contribution < 1.29 is 13.2 Å². The standard InChI is InChI=1S/C28H16F3N3O/c29-28(30,31)25-15-26(18-8-2-1-3-9-18)34(27(35)23(25)16-32)33-17-24-21-12-6-4-10-19(21)14-20-11-5-7-13-22(20)24/h1-15,17H/b33-17+. The number of hydrogen-bond donors (Lipinski definition) is 0. The first-order chi connectivity index (χ1) is 16.9. The smallest absolute Gasteiger partial charge is 0.266 e. The van der Waals surface area contributed by atoms with E-state index < -0.39 is 22.9 Å². The minimum absolute atomic E-state index is 0.0669. The van der Waals surface area contributed by atoms with E-state index in [4.69, 9.17) is 0 Å². The predicted octanol–water partition coefficient (Wildman–Crippen LogP) is 6.59. The number of nitrogens with zero attached hydrogens (tertiary/aromatic N) is 3. The van der Waals surface area contributed by atoms with Crippen LogP contribution in [0.5, 0.6) is 0 Å². The molecule has 1 heterocycles. The lowest BCUT2D eigenvalue weighted by Gasteiger charge is -2.15. The van der Waals surface area contributed by atoms with Crippen molar-refractivity contribution >= 4 is 27.8 Å². The topological polar surface area (TPSA) is 58.1 Å². The molecule has 0 spiro atoms.